The lowest BCUT2D eigenvalue weighted by atomic mass is 9.89. The number of hydrogen-bond acceptors (Lipinski definition) is 3. The van der Waals surface area contributed by atoms with Gasteiger partial charge in [-0.2, -0.15) is 5.10 Å². The highest BCUT2D eigenvalue weighted by Gasteiger charge is 2.37. The van der Waals surface area contributed by atoms with E-state index in [2.05, 4.69) is 33.7 Å². The van der Waals surface area contributed by atoms with Crippen molar-refractivity contribution >= 4 is 0 Å². The molecule has 0 aromatic carbocycles. The SMILES string of the molecule is Cn1ncc2c1CCCC2NC1CCCC1C1CCCN1. The number of rotatable bonds is 3. The zero-order chi connectivity index (χ0) is 14.2. The summed E-state index contributed by atoms with van der Waals surface area (Å²) in [6.07, 6.45) is 12.8. The summed E-state index contributed by atoms with van der Waals surface area (Å²) in [7, 11) is 2.09. The zero-order valence-electron chi connectivity index (χ0n) is 13.1. The van der Waals surface area contributed by atoms with Gasteiger partial charge in [0.1, 0.15) is 0 Å². The minimum atomic E-state index is 0.537. The number of aryl methyl sites for hydroxylation is 1. The summed E-state index contributed by atoms with van der Waals surface area (Å²) in [6, 6.07) is 2.01. The predicted octanol–water partition coefficient (Wildman–Crippen LogP) is 2.31. The van der Waals surface area contributed by atoms with E-state index in [1.165, 1.54) is 69.2 Å². The van der Waals surface area contributed by atoms with E-state index >= 15 is 0 Å². The van der Waals surface area contributed by atoms with Crippen molar-refractivity contribution < 1.29 is 0 Å². The Balaban J connectivity index is 1.48. The van der Waals surface area contributed by atoms with E-state index in [1.54, 1.807) is 0 Å². The summed E-state index contributed by atoms with van der Waals surface area (Å²) in [4.78, 5) is 0. The number of fused-ring (bicyclic) bond motifs is 1. The van der Waals surface area contributed by atoms with Crippen LogP contribution in [-0.4, -0.2) is 28.4 Å². The van der Waals surface area contributed by atoms with E-state index < -0.39 is 0 Å². The van der Waals surface area contributed by atoms with Gasteiger partial charge in [0.2, 0.25) is 0 Å². The number of aromatic nitrogens is 2. The van der Waals surface area contributed by atoms with E-state index in [0.717, 1.165) is 12.0 Å². The van der Waals surface area contributed by atoms with Crippen LogP contribution in [0, 0.1) is 5.92 Å². The van der Waals surface area contributed by atoms with E-state index in [0.29, 0.717) is 12.1 Å². The highest BCUT2D eigenvalue weighted by Crippen LogP contribution is 2.36. The second-order valence-corrected chi connectivity index (χ2v) is 7.19. The third-order valence-corrected chi connectivity index (χ3v) is 5.98. The molecule has 1 saturated carbocycles. The van der Waals surface area contributed by atoms with Crippen molar-refractivity contribution in [1.82, 2.24) is 20.4 Å². The average molecular weight is 288 g/mol. The van der Waals surface area contributed by atoms with Crippen molar-refractivity contribution in [2.24, 2.45) is 13.0 Å². The first-order valence-corrected chi connectivity index (χ1v) is 8.83. The molecule has 116 valence electrons. The van der Waals surface area contributed by atoms with Crippen molar-refractivity contribution in [2.75, 3.05) is 6.54 Å². The van der Waals surface area contributed by atoms with Crippen molar-refractivity contribution in [2.45, 2.75) is 69.5 Å². The molecule has 21 heavy (non-hydrogen) atoms. The Labute approximate surface area is 127 Å². The first kappa shape index (κ1) is 13.8. The monoisotopic (exact) mass is 288 g/mol. The first-order valence-electron chi connectivity index (χ1n) is 8.83. The van der Waals surface area contributed by atoms with Gasteiger partial charge in [0.05, 0.1) is 6.20 Å². The molecular formula is C17H28N4. The lowest BCUT2D eigenvalue weighted by Crippen LogP contribution is -2.44. The maximum absolute atomic E-state index is 4.48. The molecule has 2 aliphatic carbocycles. The summed E-state index contributed by atoms with van der Waals surface area (Å²) in [5.41, 5.74) is 2.92. The first-order chi connectivity index (χ1) is 10.3. The summed E-state index contributed by atoms with van der Waals surface area (Å²) >= 11 is 0. The number of nitrogens with zero attached hydrogens (tertiary/aromatic N) is 2. The fourth-order valence-corrected chi connectivity index (χ4v) is 4.89. The Hall–Kier alpha value is -0.870. The molecule has 0 radical (unpaired) electrons. The topological polar surface area (TPSA) is 41.9 Å². The Morgan fingerprint density at radius 1 is 1.19 bits per heavy atom. The lowest BCUT2D eigenvalue weighted by molar-refractivity contribution is 0.287. The molecule has 4 nitrogen and oxygen atoms in total. The molecule has 4 unspecified atom stereocenters. The molecule has 1 aromatic heterocycles. The van der Waals surface area contributed by atoms with E-state index in [1.807, 2.05) is 0 Å². The van der Waals surface area contributed by atoms with Gasteiger partial charge < -0.3 is 10.6 Å². The van der Waals surface area contributed by atoms with Crippen molar-refractivity contribution in [3.63, 3.8) is 0 Å². The molecule has 1 aromatic rings. The molecule has 0 amide bonds. The van der Waals surface area contributed by atoms with Crippen molar-refractivity contribution in [3.05, 3.63) is 17.5 Å². The molecule has 0 spiro atoms. The molecular weight excluding hydrogens is 260 g/mol. The van der Waals surface area contributed by atoms with Crippen LogP contribution in [-0.2, 0) is 13.5 Å². The highest BCUT2D eigenvalue weighted by molar-refractivity contribution is 5.25. The molecule has 2 heterocycles. The molecule has 3 aliphatic rings. The maximum Gasteiger partial charge on any atom is 0.0540 e. The summed E-state index contributed by atoms with van der Waals surface area (Å²) in [5, 5.41) is 12.2. The fourth-order valence-electron chi connectivity index (χ4n) is 4.89. The summed E-state index contributed by atoms with van der Waals surface area (Å²) < 4.78 is 2.08. The van der Waals surface area contributed by atoms with Crippen LogP contribution in [0.3, 0.4) is 0 Å². The number of nitrogens with one attached hydrogen (secondary N) is 2. The van der Waals surface area contributed by atoms with Crippen LogP contribution >= 0.6 is 0 Å². The zero-order valence-corrected chi connectivity index (χ0v) is 13.1. The largest absolute Gasteiger partial charge is 0.314 e. The second kappa shape index (κ2) is 5.73. The van der Waals surface area contributed by atoms with Gasteiger partial charge in [0.15, 0.2) is 0 Å². The van der Waals surface area contributed by atoms with Gasteiger partial charge >= 0.3 is 0 Å². The van der Waals surface area contributed by atoms with E-state index in [-0.39, 0.29) is 0 Å². The fraction of sp³-hybridized carbons (Fsp3) is 0.824. The Kier molecular flexibility index (Phi) is 3.76. The average Bonchev–Trinajstić information content (AvgIpc) is 3.20. The molecule has 4 heteroatoms. The molecule has 4 rings (SSSR count). The van der Waals surface area contributed by atoms with Gasteiger partial charge in [0, 0.05) is 36.4 Å². The highest BCUT2D eigenvalue weighted by atomic mass is 15.3. The van der Waals surface area contributed by atoms with Gasteiger partial charge in [-0.3, -0.25) is 4.68 Å². The Bertz CT molecular complexity index is 489. The smallest absolute Gasteiger partial charge is 0.0540 e. The van der Waals surface area contributed by atoms with Crippen LogP contribution in [0.25, 0.3) is 0 Å². The molecule has 2 N–H and O–H groups in total. The van der Waals surface area contributed by atoms with Crippen LogP contribution in [0.2, 0.25) is 0 Å². The van der Waals surface area contributed by atoms with Crippen LogP contribution in [0.4, 0.5) is 0 Å². The van der Waals surface area contributed by atoms with Crippen molar-refractivity contribution in [3.8, 4) is 0 Å². The molecule has 2 fully saturated rings. The van der Waals surface area contributed by atoms with Gasteiger partial charge in [-0.1, -0.05) is 6.42 Å². The van der Waals surface area contributed by atoms with Crippen LogP contribution < -0.4 is 10.6 Å². The van der Waals surface area contributed by atoms with Gasteiger partial charge in [0.25, 0.3) is 0 Å². The second-order valence-electron chi connectivity index (χ2n) is 7.19. The lowest BCUT2D eigenvalue weighted by Gasteiger charge is -2.32. The quantitative estimate of drug-likeness (QED) is 0.897. The molecule has 0 bridgehead atoms. The Morgan fingerprint density at radius 3 is 3.00 bits per heavy atom. The van der Waals surface area contributed by atoms with Crippen LogP contribution in [0.5, 0.6) is 0 Å². The molecule has 4 atom stereocenters. The van der Waals surface area contributed by atoms with Gasteiger partial charge in [-0.25, -0.2) is 0 Å². The van der Waals surface area contributed by atoms with Crippen molar-refractivity contribution in [1.29, 1.82) is 0 Å². The minimum Gasteiger partial charge on any atom is -0.314 e. The third kappa shape index (κ3) is 2.53. The standard InChI is InChI=1S/C17H28N4/c1-21-17-9-3-7-16(13(17)11-19-21)20-15-6-2-5-12(15)14-8-4-10-18-14/h11-12,14-16,18,20H,2-10H2,1H3. The summed E-state index contributed by atoms with van der Waals surface area (Å²) in [5.74, 6) is 0.842. The summed E-state index contributed by atoms with van der Waals surface area (Å²) in [6.45, 7) is 1.23. The van der Waals surface area contributed by atoms with Crippen LogP contribution in [0.1, 0.15) is 62.2 Å². The van der Waals surface area contributed by atoms with Gasteiger partial charge in [-0.15, -0.1) is 0 Å². The van der Waals surface area contributed by atoms with Gasteiger partial charge in [-0.05, 0) is 57.4 Å². The van der Waals surface area contributed by atoms with Crippen LogP contribution in [0.15, 0.2) is 6.20 Å². The number of hydrogen-bond donors (Lipinski definition) is 2. The molecule has 1 saturated heterocycles. The minimum absolute atomic E-state index is 0.537. The Morgan fingerprint density at radius 2 is 2.14 bits per heavy atom. The maximum atomic E-state index is 4.48. The normalized spacial score (nSPS) is 36.0. The molecule has 1 aliphatic heterocycles. The predicted molar refractivity (Wildman–Crippen MR) is 84.2 cm³/mol. The third-order valence-electron chi connectivity index (χ3n) is 5.98. The van der Waals surface area contributed by atoms with E-state index in [9.17, 15) is 0 Å². The van der Waals surface area contributed by atoms with E-state index in [4.69, 9.17) is 0 Å².